The van der Waals surface area contributed by atoms with Crippen molar-refractivity contribution in [3.8, 4) is 5.75 Å². The topological polar surface area (TPSA) is 97.2 Å². The molecule has 0 aliphatic carbocycles. The Morgan fingerprint density at radius 1 is 1.30 bits per heavy atom. The van der Waals surface area contributed by atoms with E-state index in [9.17, 15) is 9.59 Å². The standard InChI is InChI=1S/C13H12BrN3O3/c14-8-5-11(16-6-8)13(19)17-9-1-3-10(4-2-9)20-7-12(15)18/h1-6,16H,7H2,(H2,15,18)(H,17,19). The van der Waals surface area contributed by atoms with Gasteiger partial charge in [0.1, 0.15) is 11.4 Å². The predicted octanol–water partition coefficient (Wildman–Crippen LogP) is 1.89. The molecule has 0 fully saturated rings. The van der Waals surface area contributed by atoms with Gasteiger partial charge in [0.2, 0.25) is 0 Å². The molecule has 0 unspecified atom stereocenters. The number of benzene rings is 1. The molecule has 0 aliphatic rings. The van der Waals surface area contributed by atoms with E-state index in [4.69, 9.17) is 10.5 Å². The van der Waals surface area contributed by atoms with Crippen molar-refractivity contribution in [2.24, 2.45) is 5.73 Å². The minimum atomic E-state index is -0.542. The van der Waals surface area contributed by atoms with Crippen molar-refractivity contribution >= 4 is 33.4 Å². The van der Waals surface area contributed by atoms with Gasteiger partial charge in [0.05, 0.1) is 0 Å². The van der Waals surface area contributed by atoms with Crippen LogP contribution in [0.2, 0.25) is 0 Å². The van der Waals surface area contributed by atoms with Crippen LogP contribution in [-0.2, 0) is 4.79 Å². The van der Waals surface area contributed by atoms with Gasteiger partial charge in [-0.25, -0.2) is 0 Å². The first-order valence-electron chi connectivity index (χ1n) is 5.71. The van der Waals surface area contributed by atoms with Gasteiger partial charge in [-0.2, -0.15) is 0 Å². The van der Waals surface area contributed by atoms with E-state index in [1.165, 1.54) is 0 Å². The molecule has 104 valence electrons. The molecule has 0 saturated carbocycles. The zero-order chi connectivity index (χ0) is 14.5. The lowest BCUT2D eigenvalue weighted by atomic mass is 10.3. The molecule has 1 heterocycles. The first-order chi connectivity index (χ1) is 9.54. The van der Waals surface area contributed by atoms with Crippen molar-refractivity contribution in [2.75, 3.05) is 11.9 Å². The minimum Gasteiger partial charge on any atom is -0.484 e. The molecule has 1 aromatic carbocycles. The lowest BCUT2D eigenvalue weighted by Crippen LogP contribution is -2.20. The summed E-state index contributed by atoms with van der Waals surface area (Å²) in [6.45, 7) is -0.178. The van der Waals surface area contributed by atoms with Crippen LogP contribution in [0.15, 0.2) is 41.0 Å². The van der Waals surface area contributed by atoms with Gasteiger partial charge in [0.15, 0.2) is 6.61 Å². The summed E-state index contributed by atoms with van der Waals surface area (Å²) in [7, 11) is 0. The fourth-order valence-electron chi connectivity index (χ4n) is 1.49. The van der Waals surface area contributed by atoms with E-state index in [2.05, 4.69) is 26.2 Å². The highest BCUT2D eigenvalue weighted by atomic mass is 79.9. The third kappa shape index (κ3) is 3.86. The van der Waals surface area contributed by atoms with Crippen molar-refractivity contribution in [3.63, 3.8) is 0 Å². The number of H-pyrrole nitrogens is 1. The van der Waals surface area contributed by atoms with Crippen molar-refractivity contribution < 1.29 is 14.3 Å². The summed E-state index contributed by atoms with van der Waals surface area (Å²) in [6, 6.07) is 8.31. The average Bonchev–Trinajstić information content (AvgIpc) is 2.85. The van der Waals surface area contributed by atoms with Gasteiger partial charge in [0, 0.05) is 16.4 Å². The Morgan fingerprint density at radius 3 is 2.55 bits per heavy atom. The number of primary amides is 1. The van der Waals surface area contributed by atoms with Crippen LogP contribution in [0.3, 0.4) is 0 Å². The van der Waals surface area contributed by atoms with E-state index in [1.54, 1.807) is 36.5 Å². The zero-order valence-corrected chi connectivity index (χ0v) is 11.9. The highest BCUT2D eigenvalue weighted by Gasteiger charge is 2.08. The van der Waals surface area contributed by atoms with Crippen LogP contribution in [0.25, 0.3) is 0 Å². The Kier molecular flexibility index (Phi) is 4.41. The van der Waals surface area contributed by atoms with Gasteiger partial charge in [-0.05, 0) is 46.3 Å². The normalized spacial score (nSPS) is 10.1. The summed E-state index contributed by atoms with van der Waals surface area (Å²) in [4.78, 5) is 25.3. The van der Waals surface area contributed by atoms with Crippen molar-refractivity contribution in [2.45, 2.75) is 0 Å². The van der Waals surface area contributed by atoms with Crippen LogP contribution in [0.1, 0.15) is 10.5 Å². The second-order valence-corrected chi connectivity index (χ2v) is 4.88. The van der Waals surface area contributed by atoms with Crippen LogP contribution in [0, 0.1) is 0 Å². The molecule has 4 N–H and O–H groups in total. The Labute approximate surface area is 123 Å². The summed E-state index contributed by atoms with van der Waals surface area (Å²) in [5, 5.41) is 2.73. The molecule has 2 aromatic rings. The molecule has 0 atom stereocenters. The summed E-state index contributed by atoms with van der Waals surface area (Å²) in [5.41, 5.74) is 6.04. The van der Waals surface area contributed by atoms with Gasteiger partial charge in [-0.1, -0.05) is 0 Å². The maximum Gasteiger partial charge on any atom is 0.272 e. The number of anilines is 1. The van der Waals surface area contributed by atoms with E-state index in [1.807, 2.05) is 0 Å². The lowest BCUT2D eigenvalue weighted by molar-refractivity contribution is -0.119. The van der Waals surface area contributed by atoms with Gasteiger partial charge in [-0.15, -0.1) is 0 Å². The van der Waals surface area contributed by atoms with E-state index in [0.717, 1.165) is 4.47 Å². The van der Waals surface area contributed by atoms with Crippen LogP contribution in [0.4, 0.5) is 5.69 Å². The molecule has 2 amide bonds. The largest absolute Gasteiger partial charge is 0.484 e. The van der Waals surface area contributed by atoms with Crippen LogP contribution >= 0.6 is 15.9 Å². The number of aromatic nitrogens is 1. The highest BCUT2D eigenvalue weighted by Crippen LogP contribution is 2.17. The molecule has 2 rings (SSSR count). The number of hydrogen-bond donors (Lipinski definition) is 3. The quantitative estimate of drug-likeness (QED) is 0.777. The maximum absolute atomic E-state index is 11.9. The number of hydrogen-bond acceptors (Lipinski definition) is 3. The minimum absolute atomic E-state index is 0.178. The smallest absolute Gasteiger partial charge is 0.272 e. The Hall–Kier alpha value is -2.28. The van der Waals surface area contributed by atoms with E-state index in [0.29, 0.717) is 17.1 Å². The molecule has 1 aromatic heterocycles. The SMILES string of the molecule is NC(=O)COc1ccc(NC(=O)c2cc(Br)c[nH]2)cc1. The van der Waals surface area contributed by atoms with E-state index in [-0.39, 0.29) is 12.5 Å². The third-order valence-electron chi connectivity index (χ3n) is 2.39. The molecule has 0 aliphatic heterocycles. The second kappa shape index (κ2) is 6.25. The molecule has 0 spiro atoms. The summed E-state index contributed by atoms with van der Waals surface area (Å²) in [6.07, 6.45) is 1.68. The number of rotatable bonds is 5. The zero-order valence-electron chi connectivity index (χ0n) is 10.4. The third-order valence-corrected chi connectivity index (χ3v) is 2.84. The molecule has 0 saturated heterocycles. The van der Waals surface area contributed by atoms with Crippen molar-refractivity contribution in [1.82, 2.24) is 4.98 Å². The Morgan fingerprint density at radius 2 is 2.00 bits per heavy atom. The first-order valence-corrected chi connectivity index (χ1v) is 6.50. The molecule has 7 heteroatoms. The number of nitrogens with one attached hydrogen (secondary N) is 2. The van der Waals surface area contributed by atoms with Gasteiger partial charge >= 0.3 is 0 Å². The van der Waals surface area contributed by atoms with Gasteiger partial charge in [-0.3, -0.25) is 9.59 Å². The molecule has 0 bridgehead atoms. The fourth-order valence-corrected chi connectivity index (χ4v) is 1.83. The fraction of sp³-hybridized carbons (Fsp3) is 0.0769. The number of carbonyl (C=O) groups is 2. The summed E-state index contributed by atoms with van der Waals surface area (Å²) < 4.78 is 5.92. The van der Waals surface area contributed by atoms with Crippen molar-refractivity contribution in [3.05, 3.63) is 46.7 Å². The molecule has 6 nitrogen and oxygen atoms in total. The molecular formula is C13H12BrN3O3. The lowest BCUT2D eigenvalue weighted by Gasteiger charge is -2.06. The first kappa shape index (κ1) is 14.1. The van der Waals surface area contributed by atoms with Crippen LogP contribution in [-0.4, -0.2) is 23.4 Å². The second-order valence-electron chi connectivity index (χ2n) is 3.97. The molecule has 20 heavy (non-hydrogen) atoms. The number of amides is 2. The average molecular weight is 338 g/mol. The molecular weight excluding hydrogens is 326 g/mol. The Balaban J connectivity index is 1.96. The van der Waals surface area contributed by atoms with Gasteiger partial charge in [0.25, 0.3) is 11.8 Å². The predicted molar refractivity (Wildman–Crippen MR) is 77.6 cm³/mol. The number of halogens is 1. The monoisotopic (exact) mass is 337 g/mol. The van der Waals surface area contributed by atoms with Gasteiger partial charge < -0.3 is 20.8 Å². The molecule has 0 radical (unpaired) electrons. The highest BCUT2D eigenvalue weighted by molar-refractivity contribution is 9.10. The van der Waals surface area contributed by atoms with E-state index < -0.39 is 5.91 Å². The number of aromatic amines is 1. The van der Waals surface area contributed by atoms with Crippen LogP contribution < -0.4 is 15.8 Å². The number of carbonyl (C=O) groups excluding carboxylic acids is 2. The Bertz CT molecular complexity index is 622. The van der Waals surface area contributed by atoms with Crippen molar-refractivity contribution in [1.29, 1.82) is 0 Å². The van der Waals surface area contributed by atoms with Crippen LogP contribution in [0.5, 0.6) is 5.75 Å². The maximum atomic E-state index is 11.9. The van der Waals surface area contributed by atoms with E-state index >= 15 is 0 Å². The summed E-state index contributed by atoms with van der Waals surface area (Å²) in [5.74, 6) is -0.286. The number of ether oxygens (including phenoxy) is 1. The summed E-state index contributed by atoms with van der Waals surface area (Å²) >= 11 is 3.26. The number of nitrogens with two attached hydrogens (primary N) is 1.